The number of esters is 1. The monoisotopic (exact) mass is 783 g/mol. The van der Waals surface area contributed by atoms with Crippen LogP contribution in [-0.4, -0.2) is 50.3 Å². The minimum atomic E-state index is -1.04. The lowest BCUT2D eigenvalue weighted by molar-refractivity contribution is -0.143. The van der Waals surface area contributed by atoms with Gasteiger partial charge in [-0.3, -0.25) is 14.2 Å². The van der Waals surface area contributed by atoms with Crippen LogP contribution in [0.25, 0.3) is 22.6 Å². The van der Waals surface area contributed by atoms with E-state index in [4.69, 9.17) is 17.0 Å². The van der Waals surface area contributed by atoms with Gasteiger partial charge in [-0.1, -0.05) is 115 Å². The van der Waals surface area contributed by atoms with E-state index in [9.17, 15) is 14.7 Å². The van der Waals surface area contributed by atoms with Crippen molar-refractivity contribution in [3.05, 3.63) is 163 Å². The highest BCUT2D eigenvalue weighted by molar-refractivity contribution is 8.29. The number of thioether (sulfide) groups is 1. The molecule has 8 rings (SSSR count). The zero-order chi connectivity index (χ0) is 38.1. The summed E-state index contributed by atoms with van der Waals surface area (Å²) in [5.74, 6) is -0.122. The molecule has 2 fully saturated rings. The van der Waals surface area contributed by atoms with Crippen molar-refractivity contribution in [1.82, 2.24) is 9.47 Å². The molecule has 10 heteroatoms. The van der Waals surface area contributed by atoms with Crippen molar-refractivity contribution in [2.45, 2.75) is 50.9 Å². The number of rotatable bonds is 10. The molecule has 0 radical (unpaired) electrons. The molecule has 1 saturated heterocycles. The van der Waals surface area contributed by atoms with Crippen molar-refractivity contribution in [3.63, 3.8) is 0 Å². The molecule has 3 unspecified atom stereocenters. The van der Waals surface area contributed by atoms with E-state index in [1.807, 2.05) is 18.2 Å². The topological polar surface area (TPSA) is 75.0 Å². The number of thiazole rings is 1. The van der Waals surface area contributed by atoms with Gasteiger partial charge in [-0.2, -0.15) is 0 Å². The summed E-state index contributed by atoms with van der Waals surface area (Å²) in [6, 6.07) is 36.8. The number of nitrogens with zero attached hydrogens (tertiary/aromatic N) is 3. The summed E-state index contributed by atoms with van der Waals surface area (Å²) >= 11 is 8.03. The SMILES string of the molecule is C=CCN1C(=S)S/C(=c2/s/c(=C/c3ccc4c(c3)C3CCCC3N4c3ccc(C=C(c4ccccc4)c4ccccc4)cc3)c(=O)n2CC(=O)OCC)C1O. The van der Waals surface area contributed by atoms with E-state index in [0.717, 1.165) is 30.4 Å². The molecule has 1 aliphatic carbocycles. The standard InChI is InChI=1S/C45H41N3O4S3/c1-3-24-46-43(51)41(55-45(46)53)44-47(28-40(49)52-4-2)42(50)39(54-44)27-30-20-23-38-36(26-30)34-16-11-17-37(34)48(38)33-21-18-29(19-22-33)25-35(31-12-7-5-8-13-31)32-14-9-6-10-15-32/h3,5-10,12-15,18-23,25-27,34,37,43,51H,1,4,11,16-17,24,28H2,2H3/b39-27+,44-41+. The maximum Gasteiger partial charge on any atom is 0.326 e. The Balaban J connectivity index is 1.14. The van der Waals surface area contributed by atoms with Crippen LogP contribution in [0.3, 0.4) is 0 Å². The number of carbonyl (C=O) groups excluding carboxylic acids is 1. The third kappa shape index (κ3) is 7.27. The van der Waals surface area contributed by atoms with E-state index in [0.29, 0.717) is 36.9 Å². The quantitative estimate of drug-likeness (QED) is 0.0672. The first-order valence-corrected chi connectivity index (χ1v) is 20.6. The molecule has 278 valence electrons. The van der Waals surface area contributed by atoms with E-state index in [1.165, 1.54) is 61.3 Å². The van der Waals surface area contributed by atoms with Crippen LogP contribution >= 0.6 is 35.3 Å². The maximum atomic E-state index is 14.0. The Hall–Kier alpha value is -5.00. The zero-order valence-electron chi connectivity index (χ0n) is 30.5. The van der Waals surface area contributed by atoms with Crippen molar-refractivity contribution in [2.75, 3.05) is 18.1 Å². The van der Waals surface area contributed by atoms with Crippen LogP contribution in [0.2, 0.25) is 0 Å². The Morgan fingerprint density at radius 2 is 1.65 bits per heavy atom. The molecule has 1 N–H and O–H groups in total. The fraction of sp³-hybridized carbons (Fsp3) is 0.222. The zero-order valence-corrected chi connectivity index (χ0v) is 32.9. The lowest BCUT2D eigenvalue weighted by atomic mass is 9.95. The highest BCUT2D eigenvalue weighted by atomic mass is 32.2. The van der Waals surface area contributed by atoms with Gasteiger partial charge in [0.05, 0.1) is 16.0 Å². The van der Waals surface area contributed by atoms with Gasteiger partial charge in [-0.15, -0.1) is 17.9 Å². The van der Waals surface area contributed by atoms with E-state index in [1.54, 1.807) is 17.9 Å². The number of aliphatic hydroxyl groups excluding tert-OH is 1. The van der Waals surface area contributed by atoms with Crippen LogP contribution in [0.5, 0.6) is 0 Å². The second-order valence-electron chi connectivity index (χ2n) is 13.8. The fourth-order valence-corrected chi connectivity index (χ4v) is 10.7. The lowest BCUT2D eigenvalue weighted by Crippen LogP contribution is -2.37. The normalized spacial score (nSPS) is 20.1. The van der Waals surface area contributed by atoms with Crippen LogP contribution in [0, 0.1) is 0 Å². The summed E-state index contributed by atoms with van der Waals surface area (Å²) in [6.45, 7) is 5.82. The number of fused-ring (bicyclic) bond motifs is 3. The predicted molar refractivity (Wildman–Crippen MR) is 230 cm³/mol. The van der Waals surface area contributed by atoms with Gasteiger partial charge in [0.2, 0.25) is 0 Å². The Morgan fingerprint density at radius 3 is 2.33 bits per heavy atom. The number of thiocarbonyl (C=S) groups is 1. The number of hydrogen-bond donors (Lipinski definition) is 1. The number of aliphatic hydroxyl groups is 1. The summed E-state index contributed by atoms with van der Waals surface area (Å²) in [7, 11) is 0. The second kappa shape index (κ2) is 16.0. The Bertz CT molecular complexity index is 2430. The van der Waals surface area contributed by atoms with Crippen LogP contribution < -0.4 is 19.7 Å². The molecule has 5 aromatic rings. The van der Waals surface area contributed by atoms with Crippen molar-refractivity contribution in [1.29, 1.82) is 0 Å². The number of ether oxygens (including phenoxy) is 1. The first-order chi connectivity index (χ1) is 26.8. The smallest absolute Gasteiger partial charge is 0.326 e. The minimum Gasteiger partial charge on any atom is -0.465 e. The molecule has 0 amide bonds. The molecular formula is C45H41N3O4S3. The third-order valence-electron chi connectivity index (χ3n) is 10.5. The number of hydrogen-bond acceptors (Lipinski definition) is 8. The summed E-state index contributed by atoms with van der Waals surface area (Å²) in [6.07, 6.45) is 8.18. The predicted octanol–water partition coefficient (Wildman–Crippen LogP) is 7.62. The molecule has 1 saturated carbocycles. The Labute approximate surface area is 334 Å². The van der Waals surface area contributed by atoms with Crippen molar-refractivity contribution < 1.29 is 14.6 Å². The van der Waals surface area contributed by atoms with E-state index in [2.05, 4.69) is 109 Å². The van der Waals surface area contributed by atoms with Gasteiger partial charge in [-0.05, 0) is 89.6 Å². The highest BCUT2D eigenvalue weighted by Gasteiger charge is 2.42. The summed E-state index contributed by atoms with van der Waals surface area (Å²) in [5, 5.41) is 11.2. The molecule has 55 heavy (non-hydrogen) atoms. The van der Waals surface area contributed by atoms with Gasteiger partial charge < -0.3 is 19.6 Å². The van der Waals surface area contributed by atoms with Gasteiger partial charge in [0.15, 0.2) is 6.23 Å². The van der Waals surface area contributed by atoms with Gasteiger partial charge in [-0.25, -0.2) is 0 Å². The summed E-state index contributed by atoms with van der Waals surface area (Å²) in [4.78, 5) is 31.3. The molecule has 2 aliphatic heterocycles. The van der Waals surface area contributed by atoms with Gasteiger partial charge in [0.1, 0.15) is 15.5 Å². The third-order valence-corrected chi connectivity index (χ3v) is 13.3. The molecular weight excluding hydrogens is 743 g/mol. The van der Waals surface area contributed by atoms with Crippen LogP contribution in [0.15, 0.2) is 121 Å². The van der Waals surface area contributed by atoms with Crippen LogP contribution in [-0.2, 0) is 16.1 Å². The molecule has 3 atom stereocenters. The van der Waals surface area contributed by atoms with Crippen molar-refractivity contribution in [2.24, 2.45) is 0 Å². The van der Waals surface area contributed by atoms with Crippen LogP contribution in [0.1, 0.15) is 59.9 Å². The Morgan fingerprint density at radius 1 is 0.964 bits per heavy atom. The number of benzene rings is 4. The largest absolute Gasteiger partial charge is 0.465 e. The first-order valence-electron chi connectivity index (χ1n) is 18.6. The lowest BCUT2D eigenvalue weighted by Gasteiger charge is -2.27. The van der Waals surface area contributed by atoms with E-state index >= 15 is 0 Å². The van der Waals surface area contributed by atoms with Gasteiger partial charge in [0, 0.05) is 29.9 Å². The summed E-state index contributed by atoms with van der Waals surface area (Å²) < 4.78 is 8.07. The van der Waals surface area contributed by atoms with E-state index < -0.39 is 12.2 Å². The first kappa shape index (κ1) is 36.9. The molecule has 3 aliphatic rings. The highest BCUT2D eigenvalue weighted by Crippen LogP contribution is 2.52. The minimum absolute atomic E-state index is 0.204. The number of anilines is 2. The molecule has 1 aromatic heterocycles. The number of aromatic nitrogens is 1. The number of carbonyl (C=O) groups is 1. The molecule has 0 bridgehead atoms. The summed E-state index contributed by atoms with van der Waals surface area (Å²) in [5.41, 5.74) is 8.95. The Kier molecular flexibility index (Phi) is 10.7. The van der Waals surface area contributed by atoms with Crippen LogP contribution in [0.4, 0.5) is 11.4 Å². The van der Waals surface area contributed by atoms with E-state index in [-0.39, 0.29) is 18.7 Å². The molecule has 0 spiro atoms. The molecule has 4 aromatic carbocycles. The molecule has 3 heterocycles. The fourth-order valence-electron chi connectivity index (χ4n) is 8.01. The van der Waals surface area contributed by atoms with Gasteiger partial charge >= 0.3 is 5.97 Å². The average Bonchev–Trinajstić information content (AvgIpc) is 3.95. The van der Waals surface area contributed by atoms with Gasteiger partial charge in [0.25, 0.3) is 5.56 Å². The average molecular weight is 784 g/mol. The van der Waals surface area contributed by atoms with Crippen molar-refractivity contribution >= 4 is 79.6 Å². The van der Waals surface area contributed by atoms with Crippen molar-refractivity contribution in [3.8, 4) is 0 Å². The second-order valence-corrected chi connectivity index (χ2v) is 16.5. The molecule has 7 nitrogen and oxygen atoms in total. The maximum absolute atomic E-state index is 14.0.